The summed E-state index contributed by atoms with van der Waals surface area (Å²) in [6.45, 7) is 6.66. The molecule has 1 aromatic heterocycles. The summed E-state index contributed by atoms with van der Waals surface area (Å²) in [5.74, 6) is 3.02. The van der Waals surface area contributed by atoms with Crippen LogP contribution in [0.25, 0.3) is 0 Å². The van der Waals surface area contributed by atoms with E-state index >= 15 is 0 Å². The summed E-state index contributed by atoms with van der Waals surface area (Å²) in [6, 6.07) is 16.2. The Balaban J connectivity index is 1.68. The summed E-state index contributed by atoms with van der Waals surface area (Å²) in [5, 5.41) is 6.62. The van der Waals surface area contributed by atoms with Crippen LogP contribution in [0.5, 0.6) is 11.5 Å². The van der Waals surface area contributed by atoms with Crippen LogP contribution in [-0.2, 0) is 19.5 Å². The first-order valence-electron chi connectivity index (χ1n) is 10.6. The van der Waals surface area contributed by atoms with Gasteiger partial charge in [0.25, 0.3) is 0 Å². The molecule has 7 nitrogen and oxygen atoms in total. The molecule has 0 atom stereocenters. The predicted octanol–water partition coefficient (Wildman–Crippen LogP) is 4.11. The Labute approximate surface area is 184 Å². The van der Waals surface area contributed by atoms with Crippen molar-refractivity contribution in [3.05, 3.63) is 72.3 Å². The maximum atomic E-state index is 5.67. The molecule has 0 spiro atoms. The highest BCUT2D eigenvalue weighted by atomic mass is 16.5. The number of benzene rings is 2. The molecule has 0 saturated carbocycles. The number of rotatable bonds is 10. The highest BCUT2D eigenvalue weighted by molar-refractivity contribution is 5.93. The zero-order valence-electron chi connectivity index (χ0n) is 18.5. The van der Waals surface area contributed by atoms with Gasteiger partial charge in [-0.25, -0.2) is 9.98 Å². The molecule has 2 aromatic carbocycles. The standard InChI is InChI=1S/C24H31N5O2/c1-4-25-24(28-20-11-12-21(30-3)22(17-20)31-5-2)27-18-23-26-14-16-29(23)15-13-19-9-7-6-8-10-19/h6-12,14,16-17H,4-5,13,15,18H2,1-3H3,(H2,25,27,28). The van der Waals surface area contributed by atoms with Crippen LogP contribution in [0.4, 0.5) is 5.69 Å². The number of imidazole rings is 1. The summed E-state index contributed by atoms with van der Waals surface area (Å²) in [4.78, 5) is 9.22. The monoisotopic (exact) mass is 421 g/mol. The van der Waals surface area contributed by atoms with Gasteiger partial charge in [-0.1, -0.05) is 30.3 Å². The van der Waals surface area contributed by atoms with Gasteiger partial charge in [0.1, 0.15) is 12.4 Å². The molecular weight excluding hydrogens is 390 g/mol. The number of aryl methyl sites for hydroxylation is 2. The van der Waals surface area contributed by atoms with Crippen LogP contribution in [0.15, 0.2) is 65.9 Å². The van der Waals surface area contributed by atoms with Crippen molar-refractivity contribution in [2.75, 3.05) is 25.6 Å². The molecular formula is C24H31N5O2. The van der Waals surface area contributed by atoms with Gasteiger partial charge in [-0.05, 0) is 38.0 Å². The van der Waals surface area contributed by atoms with Gasteiger partial charge in [-0.15, -0.1) is 0 Å². The molecule has 31 heavy (non-hydrogen) atoms. The quantitative estimate of drug-likeness (QED) is 0.381. The van der Waals surface area contributed by atoms with E-state index in [1.807, 2.05) is 50.5 Å². The second-order valence-electron chi connectivity index (χ2n) is 6.89. The number of aliphatic imine (C=N–C) groups is 1. The summed E-state index contributed by atoms with van der Waals surface area (Å²) < 4.78 is 13.2. The number of ether oxygens (including phenoxy) is 2. The van der Waals surface area contributed by atoms with Gasteiger partial charge in [-0.2, -0.15) is 0 Å². The molecule has 7 heteroatoms. The average molecular weight is 422 g/mol. The van der Waals surface area contributed by atoms with Crippen LogP contribution < -0.4 is 20.1 Å². The van der Waals surface area contributed by atoms with Crippen LogP contribution >= 0.6 is 0 Å². The molecule has 0 saturated heterocycles. The summed E-state index contributed by atoms with van der Waals surface area (Å²) in [7, 11) is 1.64. The predicted molar refractivity (Wildman–Crippen MR) is 125 cm³/mol. The summed E-state index contributed by atoms with van der Waals surface area (Å²) in [5.41, 5.74) is 2.18. The normalized spacial score (nSPS) is 11.3. The highest BCUT2D eigenvalue weighted by Crippen LogP contribution is 2.30. The lowest BCUT2D eigenvalue weighted by molar-refractivity contribution is 0.311. The molecule has 3 aromatic rings. The zero-order valence-corrected chi connectivity index (χ0v) is 18.5. The fourth-order valence-electron chi connectivity index (χ4n) is 3.21. The van der Waals surface area contributed by atoms with E-state index < -0.39 is 0 Å². The van der Waals surface area contributed by atoms with Crippen LogP contribution in [0, 0.1) is 0 Å². The molecule has 0 amide bonds. The molecule has 0 unspecified atom stereocenters. The fraction of sp³-hybridized carbons (Fsp3) is 0.333. The highest BCUT2D eigenvalue weighted by Gasteiger charge is 2.08. The van der Waals surface area contributed by atoms with Crippen molar-refractivity contribution in [1.82, 2.24) is 14.9 Å². The Hall–Kier alpha value is -3.48. The van der Waals surface area contributed by atoms with E-state index in [1.54, 1.807) is 7.11 Å². The molecule has 0 aliphatic heterocycles. The number of guanidine groups is 1. The maximum absolute atomic E-state index is 5.67. The smallest absolute Gasteiger partial charge is 0.196 e. The molecule has 164 valence electrons. The van der Waals surface area contributed by atoms with Gasteiger partial charge in [0.2, 0.25) is 0 Å². The summed E-state index contributed by atoms with van der Waals surface area (Å²) in [6.07, 6.45) is 4.79. The van der Waals surface area contributed by atoms with Crippen molar-refractivity contribution in [3.63, 3.8) is 0 Å². The molecule has 1 heterocycles. The van der Waals surface area contributed by atoms with Gasteiger partial charge < -0.3 is 24.7 Å². The first-order valence-corrected chi connectivity index (χ1v) is 10.6. The lowest BCUT2D eigenvalue weighted by atomic mass is 10.1. The van der Waals surface area contributed by atoms with Gasteiger partial charge in [0.05, 0.1) is 13.7 Å². The Morgan fingerprint density at radius 1 is 1.10 bits per heavy atom. The van der Waals surface area contributed by atoms with E-state index in [0.29, 0.717) is 30.6 Å². The molecule has 0 fully saturated rings. The Morgan fingerprint density at radius 3 is 2.68 bits per heavy atom. The van der Waals surface area contributed by atoms with E-state index in [-0.39, 0.29) is 0 Å². The minimum atomic E-state index is 0.478. The van der Waals surface area contributed by atoms with Crippen LogP contribution in [0.3, 0.4) is 0 Å². The Bertz CT molecular complexity index is 969. The largest absolute Gasteiger partial charge is 0.493 e. The first kappa shape index (κ1) is 22.2. The number of methoxy groups -OCH3 is 1. The van der Waals surface area contributed by atoms with Crippen molar-refractivity contribution >= 4 is 11.6 Å². The maximum Gasteiger partial charge on any atom is 0.196 e. The van der Waals surface area contributed by atoms with Crippen LogP contribution in [-0.4, -0.2) is 35.8 Å². The van der Waals surface area contributed by atoms with Crippen LogP contribution in [0.2, 0.25) is 0 Å². The third-order valence-corrected chi connectivity index (χ3v) is 4.73. The van der Waals surface area contributed by atoms with Crippen molar-refractivity contribution in [1.29, 1.82) is 0 Å². The molecule has 0 aliphatic rings. The van der Waals surface area contributed by atoms with Gasteiger partial charge in [-0.3, -0.25) is 0 Å². The lowest BCUT2D eigenvalue weighted by Gasteiger charge is -2.14. The number of nitrogens with one attached hydrogen (secondary N) is 2. The first-order chi connectivity index (χ1) is 15.2. The third kappa shape index (κ3) is 6.50. The van der Waals surface area contributed by atoms with Crippen molar-refractivity contribution in [3.8, 4) is 11.5 Å². The second kappa shape index (κ2) is 11.6. The van der Waals surface area contributed by atoms with E-state index in [9.17, 15) is 0 Å². The van der Waals surface area contributed by atoms with E-state index in [1.165, 1.54) is 5.56 Å². The fourth-order valence-corrected chi connectivity index (χ4v) is 3.21. The van der Waals surface area contributed by atoms with E-state index in [4.69, 9.17) is 14.5 Å². The SMILES string of the molecule is CCNC(=NCc1nccn1CCc1ccccc1)Nc1ccc(OC)c(OCC)c1. The zero-order chi connectivity index (χ0) is 21.9. The molecule has 2 N–H and O–H groups in total. The minimum absolute atomic E-state index is 0.478. The van der Waals surface area contributed by atoms with E-state index in [0.717, 1.165) is 31.0 Å². The Kier molecular flexibility index (Phi) is 8.34. The lowest BCUT2D eigenvalue weighted by Crippen LogP contribution is -2.30. The number of aromatic nitrogens is 2. The molecule has 0 aliphatic carbocycles. The number of nitrogens with zero attached hydrogens (tertiary/aromatic N) is 3. The molecule has 3 rings (SSSR count). The van der Waals surface area contributed by atoms with E-state index in [2.05, 4.69) is 44.5 Å². The third-order valence-electron chi connectivity index (χ3n) is 4.73. The number of hydrogen-bond acceptors (Lipinski definition) is 4. The molecule has 0 radical (unpaired) electrons. The number of hydrogen-bond donors (Lipinski definition) is 2. The number of anilines is 1. The van der Waals surface area contributed by atoms with Gasteiger partial charge in [0.15, 0.2) is 17.5 Å². The van der Waals surface area contributed by atoms with Crippen molar-refractivity contribution in [2.24, 2.45) is 4.99 Å². The average Bonchev–Trinajstić information content (AvgIpc) is 3.25. The van der Waals surface area contributed by atoms with Gasteiger partial charge >= 0.3 is 0 Å². The minimum Gasteiger partial charge on any atom is -0.493 e. The van der Waals surface area contributed by atoms with Gasteiger partial charge in [0, 0.05) is 37.2 Å². The van der Waals surface area contributed by atoms with Crippen molar-refractivity contribution in [2.45, 2.75) is 33.4 Å². The van der Waals surface area contributed by atoms with Crippen LogP contribution in [0.1, 0.15) is 25.2 Å². The molecule has 0 bridgehead atoms. The Morgan fingerprint density at radius 2 is 1.94 bits per heavy atom. The van der Waals surface area contributed by atoms with Crippen molar-refractivity contribution < 1.29 is 9.47 Å². The second-order valence-corrected chi connectivity index (χ2v) is 6.89. The summed E-state index contributed by atoms with van der Waals surface area (Å²) >= 11 is 0. The topological polar surface area (TPSA) is 72.7 Å².